The number of benzene rings is 2. The highest BCUT2D eigenvalue weighted by Crippen LogP contribution is 2.28. The molecule has 0 spiro atoms. The highest BCUT2D eigenvalue weighted by Gasteiger charge is 2.18. The minimum atomic E-state index is 0.790. The first-order valence-electron chi connectivity index (χ1n) is 8.52. The van der Waals surface area contributed by atoms with Gasteiger partial charge >= 0.3 is 0 Å². The summed E-state index contributed by atoms with van der Waals surface area (Å²) in [5, 5.41) is 0. The van der Waals surface area contributed by atoms with Crippen LogP contribution in [-0.2, 0) is 6.54 Å². The monoisotopic (exact) mass is 318 g/mol. The van der Waals surface area contributed by atoms with Crippen molar-refractivity contribution < 1.29 is 4.42 Å². The van der Waals surface area contributed by atoms with Gasteiger partial charge in [0.15, 0.2) is 5.58 Å². The average molecular weight is 318 g/mol. The van der Waals surface area contributed by atoms with Crippen molar-refractivity contribution in [2.45, 2.75) is 26.8 Å². The third-order valence-corrected chi connectivity index (χ3v) is 4.64. The lowest BCUT2D eigenvalue weighted by Crippen LogP contribution is -2.28. The smallest absolute Gasteiger partial charge is 0.223 e. The van der Waals surface area contributed by atoms with Gasteiger partial charge in [0.05, 0.1) is 0 Å². The van der Waals surface area contributed by atoms with E-state index in [-0.39, 0.29) is 0 Å². The summed E-state index contributed by atoms with van der Waals surface area (Å²) >= 11 is 0. The molecule has 4 rings (SSSR count). The summed E-state index contributed by atoms with van der Waals surface area (Å²) < 4.78 is 6.05. The second-order valence-electron chi connectivity index (χ2n) is 6.65. The Bertz CT molecular complexity index is 893. The van der Waals surface area contributed by atoms with Gasteiger partial charge in [-0.1, -0.05) is 42.5 Å². The van der Waals surface area contributed by atoms with E-state index in [0.29, 0.717) is 0 Å². The Labute approximate surface area is 142 Å². The van der Waals surface area contributed by atoms with Gasteiger partial charge in [0, 0.05) is 25.2 Å². The fraction of sp³-hybridized carbons (Fsp3) is 0.286. The summed E-state index contributed by atoms with van der Waals surface area (Å²) in [7, 11) is 0. The van der Waals surface area contributed by atoms with Crippen LogP contribution in [-0.4, -0.2) is 23.0 Å². The van der Waals surface area contributed by atoms with E-state index in [1.165, 1.54) is 16.7 Å². The van der Waals surface area contributed by atoms with Crippen molar-refractivity contribution in [2.24, 2.45) is 0 Å². The zero-order chi connectivity index (χ0) is 16.5. The molecule has 122 valence electrons. The number of aryl methyl sites for hydroxylation is 2. The molecule has 0 atom stereocenters. The van der Waals surface area contributed by atoms with Crippen LogP contribution < -0.4 is 0 Å². The molecule has 0 amide bonds. The van der Waals surface area contributed by atoms with Gasteiger partial charge in [0.25, 0.3) is 0 Å². The second-order valence-corrected chi connectivity index (χ2v) is 6.65. The van der Waals surface area contributed by atoms with Gasteiger partial charge in [-0.15, -0.1) is 0 Å². The van der Waals surface area contributed by atoms with Gasteiger partial charge in [-0.3, -0.25) is 4.90 Å². The summed E-state index contributed by atoms with van der Waals surface area (Å²) in [5.41, 5.74) is 6.87. The minimum absolute atomic E-state index is 0.790. The Morgan fingerprint density at radius 2 is 1.96 bits per heavy atom. The Balaban J connectivity index is 1.53. The fourth-order valence-electron chi connectivity index (χ4n) is 3.40. The van der Waals surface area contributed by atoms with Crippen LogP contribution in [0.1, 0.15) is 29.0 Å². The van der Waals surface area contributed by atoms with E-state index in [1.54, 1.807) is 0 Å². The lowest BCUT2D eigenvalue weighted by molar-refractivity contribution is 0.292. The molecule has 0 aliphatic carbocycles. The number of hydrogen-bond acceptors (Lipinski definition) is 3. The summed E-state index contributed by atoms with van der Waals surface area (Å²) in [6, 6.07) is 14.9. The molecule has 0 unspecified atom stereocenters. The summed E-state index contributed by atoms with van der Waals surface area (Å²) in [4.78, 5) is 7.17. The van der Waals surface area contributed by atoms with Crippen molar-refractivity contribution in [3.63, 3.8) is 0 Å². The molecule has 0 fully saturated rings. The van der Waals surface area contributed by atoms with E-state index in [4.69, 9.17) is 9.40 Å². The molecule has 0 N–H and O–H groups in total. The molecule has 2 heterocycles. The molecule has 24 heavy (non-hydrogen) atoms. The first kappa shape index (κ1) is 15.2. The van der Waals surface area contributed by atoms with Crippen LogP contribution in [0, 0.1) is 13.8 Å². The molecule has 1 aliphatic heterocycles. The summed E-state index contributed by atoms with van der Waals surface area (Å²) in [6.07, 6.45) is 3.25. The Morgan fingerprint density at radius 3 is 2.71 bits per heavy atom. The molecule has 3 nitrogen and oxygen atoms in total. The van der Waals surface area contributed by atoms with Crippen LogP contribution in [0.5, 0.6) is 0 Å². The van der Waals surface area contributed by atoms with E-state index >= 15 is 0 Å². The number of oxazole rings is 1. The van der Waals surface area contributed by atoms with Gasteiger partial charge < -0.3 is 4.42 Å². The van der Waals surface area contributed by atoms with Crippen molar-refractivity contribution in [1.82, 2.24) is 9.88 Å². The lowest BCUT2D eigenvalue weighted by Gasteiger charge is -2.25. The topological polar surface area (TPSA) is 29.3 Å². The fourth-order valence-corrected chi connectivity index (χ4v) is 3.40. The molecular formula is C21H22N2O. The normalized spacial score (nSPS) is 15.7. The van der Waals surface area contributed by atoms with Crippen LogP contribution in [0.3, 0.4) is 0 Å². The minimum Gasteiger partial charge on any atom is -0.436 e. The standard InChI is InChI=1S/C21H22N2O/c1-15-12-16(2)20-19(13-15)22-21(24-20)18-8-10-23(11-9-18)14-17-6-4-3-5-7-17/h3-8,12-13H,9-11,14H2,1-2H3. The van der Waals surface area contributed by atoms with Gasteiger partial charge in [-0.2, -0.15) is 0 Å². The molecule has 1 aromatic heterocycles. The molecule has 0 bridgehead atoms. The van der Waals surface area contributed by atoms with Gasteiger partial charge in [0.1, 0.15) is 5.52 Å². The largest absolute Gasteiger partial charge is 0.436 e. The van der Waals surface area contributed by atoms with Crippen molar-refractivity contribution in [2.75, 3.05) is 13.1 Å². The third kappa shape index (κ3) is 3.00. The van der Waals surface area contributed by atoms with Gasteiger partial charge in [0.2, 0.25) is 5.89 Å². The Hall–Kier alpha value is -2.39. The van der Waals surface area contributed by atoms with E-state index in [1.807, 2.05) is 0 Å². The van der Waals surface area contributed by atoms with Crippen LogP contribution in [0.4, 0.5) is 0 Å². The lowest BCUT2D eigenvalue weighted by atomic mass is 10.1. The molecular weight excluding hydrogens is 296 g/mol. The van der Waals surface area contributed by atoms with Gasteiger partial charge in [-0.25, -0.2) is 4.98 Å². The maximum Gasteiger partial charge on any atom is 0.223 e. The van der Waals surface area contributed by atoms with Crippen LogP contribution in [0.2, 0.25) is 0 Å². The first-order chi connectivity index (χ1) is 11.7. The predicted octanol–water partition coefficient (Wildman–Crippen LogP) is 4.73. The molecule has 1 aliphatic rings. The SMILES string of the molecule is Cc1cc(C)c2oc(C3=CCN(Cc4ccccc4)CC3)nc2c1. The predicted molar refractivity (Wildman–Crippen MR) is 97.8 cm³/mol. The summed E-state index contributed by atoms with van der Waals surface area (Å²) in [6.45, 7) is 7.16. The molecule has 0 saturated carbocycles. The van der Waals surface area contributed by atoms with E-state index < -0.39 is 0 Å². The number of fused-ring (bicyclic) bond motifs is 1. The highest BCUT2D eigenvalue weighted by molar-refractivity contribution is 5.79. The molecule has 0 radical (unpaired) electrons. The number of hydrogen-bond donors (Lipinski definition) is 0. The van der Waals surface area contributed by atoms with Crippen LogP contribution >= 0.6 is 0 Å². The molecule has 3 heteroatoms. The van der Waals surface area contributed by atoms with E-state index in [9.17, 15) is 0 Å². The second kappa shape index (κ2) is 6.25. The number of aromatic nitrogens is 1. The van der Waals surface area contributed by atoms with Crippen LogP contribution in [0.15, 0.2) is 53.0 Å². The summed E-state index contributed by atoms with van der Waals surface area (Å²) in [5.74, 6) is 0.790. The average Bonchev–Trinajstić information content (AvgIpc) is 3.01. The molecule has 0 saturated heterocycles. The zero-order valence-electron chi connectivity index (χ0n) is 14.2. The van der Waals surface area contributed by atoms with E-state index in [0.717, 1.165) is 48.6 Å². The molecule has 2 aromatic carbocycles. The highest BCUT2D eigenvalue weighted by atomic mass is 16.3. The third-order valence-electron chi connectivity index (χ3n) is 4.64. The Kier molecular flexibility index (Phi) is 3.95. The zero-order valence-corrected chi connectivity index (χ0v) is 14.2. The maximum absolute atomic E-state index is 6.05. The first-order valence-corrected chi connectivity index (χ1v) is 8.52. The maximum atomic E-state index is 6.05. The van der Waals surface area contributed by atoms with Crippen LogP contribution in [0.25, 0.3) is 16.7 Å². The molecule has 3 aromatic rings. The Morgan fingerprint density at radius 1 is 1.12 bits per heavy atom. The van der Waals surface area contributed by atoms with Gasteiger partial charge in [-0.05, 0) is 43.0 Å². The van der Waals surface area contributed by atoms with Crippen molar-refractivity contribution >= 4 is 16.7 Å². The number of nitrogens with zero attached hydrogens (tertiary/aromatic N) is 2. The van der Waals surface area contributed by atoms with Crippen molar-refractivity contribution in [3.05, 3.63) is 71.1 Å². The quantitative estimate of drug-likeness (QED) is 0.699. The van der Waals surface area contributed by atoms with Crippen molar-refractivity contribution in [3.8, 4) is 0 Å². The number of rotatable bonds is 3. The van der Waals surface area contributed by atoms with Crippen molar-refractivity contribution in [1.29, 1.82) is 0 Å². The van der Waals surface area contributed by atoms with E-state index in [2.05, 4.69) is 67.3 Å².